The summed E-state index contributed by atoms with van der Waals surface area (Å²) in [4.78, 5) is 41.6. The summed E-state index contributed by atoms with van der Waals surface area (Å²) in [5.41, 5.74) is 1.31. The van der Waals surface area contributed by atoms with Crippen molar-refractivity contribution in [2.24, 2.45) is 16.8 Å². The molecule has 0 amide bonds. The number of halogens is 1. The van der Waals surface area contributed by atoms with Gasteiger partial charge in [0.15, 0.2) is 0 Å². The summed E-state index contributed by atoms with van der Waals surface area (Å²) in [6, 6.07) is 6.82. The Balaban J connectivity index is 2.36. The molecule has 144 valence electrons. The van der Waals surface area contributed by atoms with Crippen LogP contribution in [0.4, 0.5) is 0 Å². The molecule has 1 aliphatic heterocycles. The average molecular weight is 394 g/mol. The van der Waals surface area contributed by atoms with E-state index >= 15 is 0 Å². The smallest absolute Gasteiger partial charge is 0.336 e. The zero-order valence-corrected chi connectivity index (χ0v) is 16.2. The second-order valence-electron chi connectivity index (χ2n) is 5.96. The van der Waals surface area contributed by atoms with Crippen LogP contribution in [0.3, 0.4) is 0 Å². The number of methoxy groups -OCH3 is 2. The topological polar surface area (TPSA) is 91.3 Å². The van der Waals surface area contributed by atoms with E-state index in [0.717, 1.165) is 0 Å². The van der Waals surface area contributed by atoms with Crippen LogP contribution in [-0.4, -0.2) is 37.8 Å². The van der Waals surface area contributed by atoms with Crippen molar-refractivity contribution in [1.29, 1.82) is 0 Å². The van der Waals surface area contributed by atoms with Crippen molar-refractivity contribution in [3.63, 3.8) is 0 Å². The highest BCUT2D eigenvalue weighted by Gasteiger charge is 2.46. The summed E-state index contributed by atoms with van der Waals surface area (Å²) in [5, 5.41) is 0.502. The lowest BCUT2D eigenvalue weighted by molar-refractivity contribution is -0.157. The van der Waals surface area contributed by atoms with Gasteiger partial charge in [0.25, 0.3) is 0 Å². The lowest BCUT2D eigenvalue weighted by Gasteiger charge is -2.29. The minimum absolute atomic E-state index is 0.0189. The monoisotopic (exact) mass is 393 g/mol. The molecule has 2 rings (SSSR count). The van der Waals surface area contributed by atoms with Gasteiger partial charge in [-0.3, -0.25) is 14.6 Å². The second-order valence-corrected chi connectivity index (χ2v) is 6.40. The number of hydrogen-bond acceptors (Lipinski definition) is 7. The fourth-order valence-corrected chi connectivity index (χ4v) is 3.18. The normalized spacial score (nSPS) is 19.2. The van der Waals surface area contributed by atoms with Gasteiger partial charge in [0.1, 0.15) is 18.4 Å². The van der Waals surface area contributed by atoms with Crippen LogP contribution in [0.25, 0.3) is 0 Å². The van der Waals surface area contributed by atoms with Crippen LogP contribution in [0.15, 0.2) is 40.5 Å². The van der Waals surface area contributed by atoms with Gasteiger partial charge >= 0.3 is 17.9 Å². The number of esters is 3. The molecule has 0 fully saturated rings. The Morgan fingerprint density at radius 3 is 2.37 bits per heavy atom. The predicted molar refractivity (Wildman–Crippen MR) is 98.1 cm³/mol. The van der Waals surface area contributed by atoms with Gasteiger partial charge in [-0.2, -0.15) is 0 Å². The van der Waals surface area contributed by atoms with E-state index in [1.807, 2.05) is 0 Å². The summed E-state index contributed by atoms with van der Waals surface area (Å²) >= 11 is 5.93. The van der Waals surface area contributed by atoms with E-state index in [4.69, 9.17) is 25.8 Å². The van der Waals surface area contributed by atoms with Crippen LogP contribution in [0.5, 0.6) is 0 Å². The zero-order chi connectivity index (χ0) is 20.1. The van der Waals surface area contributed by atoms with E-state index in [9.17, 15) is 14.4 Å². The molecule has 2 atom stereocenters. The highest BCUT2D eigenvalue weighted by molar-refractivity contribution is 6.30. The van der Waals surface area contributed by atoms with Gasteiger partial charge in [-0.05, 0) is 31.5 Å². The van der Waals surface area contributed by atoms with Crippen molar-refractivity contribution < 1.29 is 28.6 Å². The van der Waals surface area contributed by atoms with Gasteiger partial charge in [-0.15, -0.1) is 0 Å². The Labute approximate surface area is 162 Å². The molecule has 1 aromatic carbocycles. The molecular formula is C19H20ClNO6. The minimum atomic E-state index is -1.21. The Morgan fingerprint density at radius 1 is 1.07 bits per heavy atom. The van der Waals surface area contributed by atoms with Crippen molar-refractivity contribution in [3.05, 3.63) is 46.1 Å². The molecule has 0 saturated carbocycles. The van der Waals surface area contributed by atoms with Crippen molar-refractivity contribution in [1.82, 2.24) is 0 Å². The average Bonchev–Trinajstić information content (AvgIpc) is 2.64. The SMILES string of the molecule is COC(=O)C1=C(C)N=C(C)C(C(=O)OC)[C@@H]1C(=O)OCc1cccc(Cl)c1. The van der Waals surface area contributed by atoms with Gasteiger partial charge in [0.05, 0.1) is 19.8 Å². The lowest BCUT2D eigenvalue weighted by Crippen LogP contribution is -2.42. The summed E-state index contributed by atoms with van der Waals surface area (Å²) in [7, 11) is 2.39. The maximum atomic E-state index is 12.8. The van der Waals surface area contributed by atoms with E-state index < -0.39 is 29.7 Å². The molecule has 0 saturated heterocycles. The van der Waals surface area contributed by atoms with Crippen molar-refractivity contribution in [2.75, 3.05) is 14.2 Å². The first-order valence-electron chi connectivity index (χ1n) is 8.13. The molecule has 8 heteroatoms. The predicted octanol–water partition coefficient (Wildman–Crippen LogP) is 2.71. The number of nitrogens with zero attached hydrogens (tertiary/aromatic N) is 1. The molecule has 1 aromatic rings. The molecule has 0 N–H and O–H groups in total. The Kier molecular flexibility index (Phi) is 6.74. The van der Waals surface area contributed by atoms with Crippen molar-refractivity contribution >= 4 is 35.2 Å². The highest BCUT2D eigenvalue weighted by Crippen LogP contribution is 2.33. The van der Waals surface area contributed by atoms with E-state index in [1.165, 1.54) is 14.2 Å². The standard InChI is InChI=1S/C19H20ClNO6/c1-10-14(17(22)25-3)16(15(11(2)21-10)18(23)26-4)19(24)27-9-12-6-5-7-13(20)8-12/h5-8,14,16H,9H2,1-4H3/t14?,16-/m0/s1. The Bertz CT molecular complexity index is 829. The third-order valence-corrected chi connectivity index (χ3v) is 4.45. The van der Waals surface area contributed by atoms with E-state index in [-0.39, 0.29) is 12.2 Å². The first kappa shape index (κ1) is 20.6. The van der Waals surface area contributed by atoms with Crippen LogP contribution in [0.2, 0.25) is 5.02 Å². The van der Waals surface area contributed by atoms with E-state index in [1.54, 1.807) is 38.1 Å². The molecule has 0 aromatic heterocycles. The van der Waals surface area contributed by atoms with Crippen LogP contribution in [0, 0.1) is 11.8 Å². The number of carbonyl (C=O) groups is 3. The number of rotatable bonds is 5. The fraction of sp³-hybridized carbons (Fsp3) is 0.368. The van der Waals surface area contributed by atoms with Gasteiger partial charge in [0, 0.05) is 16.4 Å². The van der Waals surface area contributed by atoms with Crippen LogP contribution < -0.4 is 0 Å². The molecule has 0 bridgehead atoms. The largest absolute Gasteiger partial charge is 0.468 e. The minimum Gasteiger partial charge on any atom is -0.468 e. The number of allylic oxidation sites excluding steroid dienone is 1. The van der Waals surface area contributed by atoms with Crippen LogP contribution in [-0.2, 0) is 35.2 Å². The number of ether oxygens (including phenoxy) is 3. The summed E-state index contributed by atoms with van der Waals surface area (Å²) in [6.07, 6.45) is 0. The molecule has 0 spiro atoms. The zero-order valence-electron chi connectivity index (χ0n) is 15.4. The van der Waals surface area contributed by atoms with Crippen LogP contribution >= 0.6 is 11.6 Å². The summed E-state index contributed by atoms with van der Waals surface area (Å²) < 4.78 is 14.9. The van der Waals surface area contributed by atoms with Gasteiger partial charge in [-0.25, -0.2) is 4.79 Å². The Morgan fingerprint density at radius 2 is 1.78 bits per heavy atom. The lowest BCUT2D eigenvalue weighted by atomic mass is 9.80. The van der Waals surface area contributed by atoms with Gasteiger partial charge < -0.3 is 14.2 Å². The summed E-state index contributed by atoms with van der Waals surface area (Å²) in [6.45, 7) is 3.10. The van der Waals surface area contributed by atoms with Gasteiger partial charge in [-0.1, -0.05) is 23.7 Å². The maximum Gasteiger partial charge on any atom is 0.336 e. The second kappa shape index (κ2) is 8.81. The molecular weight excluding hydrogens is 374 g/mol. The molecule has 0 aliphatic carbocycles. The highest BCUT2D eigenvalue weighted by atomic mass is 35.5. The molecule has 1 aliphatic rings. The molecule has 0 radical (unpaired) electrons. The van der Waals surface area contributed by atoms with Crippen LogP contribution in [0.1, 0.15) is 19.4 Å². The molecule has 1 unspecified atom stereocenters. The third-order valence-electron chi connectivity index (χ3n) is 4.21. The quantitative estimate of drug-likeness (QED) is 0.564. The molecule has 27 heavy (non-hydrogen) atoms. The first-order chi connectivity index (χ1) is 12.8. The fourth-order valence-electron chi connectivity index (χ4n) is 2.97. The number of aliphatic imine (C=N–C) groups is 1. The molecule has 7 nitrogen and oxygen atoms in total. The van der Waals surface area contributed by atoms with E-state index in [0.29, 0.717) is 22.0 Å². The number of benzene rings is 1. The number of carbonyl (C=O) groups excluding carboxylic acids is 3. The number of hydrogen-bond donors (Lipinski definition) is 0. The first-order valence-corrected chi connectivity index (χ1v) is 8.51. The van der Waals surface area contributed by atoms with Crippen molar-refractivity contribution in [2.45, 2.75) is 20.5 Å². The molecule has 1 heterocycles. The summed E-state index contributed by atoms with van der Waals surface area (Å²) in [5.74, 6) is -4.46. The van der Waals surface area contributed by atoms with Crippen molar-refractivity contribution in [3.8, 4) is 0 Å². The van der Waals surface area contributed by atoms with Gasteiger partial charge in [0.2, 0.25) is 0 Å². The van der Waals surface area contributed by atoms with E-state index in [2.05, 4.69) is 4.99 Å². The maximum absolute atomic E-state index is 12.8. The third kappa shape index (κ3) is 4.54. The Hall–Kier alpha value is -2.67.